The van der Waals surface area contributed by atoms with Gasteiger partial charge in [-0.1, -0.05) is 36.0 Å². The molecule has 1 aliphatic carbocycles. The largest absolute Gasteiger partial charge is 0.352 e. The number of Topliss-reactive ketones (excluding diaryl/α,β-unsaturated/α-hetero) is 1. The maximum Gasteiger partial charge on any atom is 0.237 e. The molecule has 160 valence electrons. The van der Waals surface area contributed by atoms with Crippen molar-refractivity contribution in [1.29, 1.82) is 5.26 Å². The number of hydrogen-bond donors (Lipinski definition) is 1. The fourth-order valence-electron chi connectivity index (χ4n) is 4.73. The minimum Gasteiger partial charge on any atom is -0.352 e. The SMILES string of the molecule is N#CC1=C(SCC(=O)N2CCc3ccccc32)NC2=C(C(=O)CCC2)C1c1cccnc1. The molecule has 5 rings (SSSR count). The molecule has 6 nitrogen and oxygen atoms in total. The molecule has 0 saturated carbocycles. The molecule has 7 heteroatoms. The Hall–Kier alpha value is -3.37. The van der Waals surface area contributed by atoms with Crippen molar-refractivity contribution in [3.8, 4) is 6.07 Å². The molecular weight excluding hydrogens is 420 g/mol. The normalized spacial score (nSPS) is 19.9. The lowest BCUT2D eigenvalue weighted by Gasteiger charge is -2.33. The minimum absolute atomic E-state index is 0.0176. The fraction of sp³-hybridized carbons (Fsp3) is 0.280. The van der Waals surface area contributed by atoms with Gasteiger partial charge in [0.25, 0.3) is 0 Å². The second-order valence-corrected chi connectivity index (χ2v) is 9.07. The van der Waals surface area contributed by atoms with E-state index >= 15 is 0 Å². The summed E-state index contributed by atoms with van der Waals surface area (Å²) in [7, 11) is 0. The number of carbonyl (C=O) groups is 2. The van der Waals surface area contributed by atoms with Crippen LogP contribution in [0.1, 0.15) is 36.3 Å². The number of benzene rings is 1. The van der Waals surface area contributed by atoms with Gasteiger partial charge in [-0.3, -0.25) is 14.6 Å². The first kappa shape index (κ1) is 20.5. The van der Waals surface area contributed by atoms with E-state index in [0.717, 1.165) is 36.2 Å². The number of nitrogens with one attached hydrogen (secondary N) is 1. The molecule has 1 aromatic heterocycles. The van der Waals surface area contributed by atoms with Crippen molar-refractivity contribution in [2.45, 2.75) is 31.6 Å². The van der Waals surface area contributed by atoms with Crippen LogP contribution >= 0.6 is 11.8 Å². The number of amides is 1. The average Bonchev–Trinajstić information content (AvgIpc) is 3.26. The predicted octanol–water partition coefficient (Wildman–Crippen LogP) is 3.83. The highest BCUT2D eigenvalue weighted by Gasteiger charge is 2.37. The number of pyridine rings is 1. The van der Waals surface area contributed by atoms with Crippen LogP contribution in [0.4, 0.5) is 5.69 Å². The lowest BCUT2D eigenvalue weighted by molar-refractivity contribution is -0.117. The third-order valence-electron chi connectivity index (χ3n) is 6.21. The van der Waals surface area contributed by atoms with Gasteiger partial charge in [0.2, 0.25) is 5.91 Å². The first-order valence-electron chi connectivity index (χ1n) is 10.8. The van der Waals surface area contributed by atoms with Crippen molar-refractivity contribution in [2.24, 2.45) is 0 Å². The Morgan fingerprint density at radius 2 is 2.09 bits per heavy atom. The highest BCUT2D eigenvalue weighted by molar-refractivity contribution is 8.03. The number of nitrogens with zero attached hydrogens (tertiary/aromatic N) is 3. The molecule has 0 bridgehead atoms. The van der Waals surface area contributed by atoms with Crippen molar-refractivity contribution in [3.05, 3.63) is 81.8 Å². The standard InChI is InChI=1S/C25H22N4O2S/c26-13-18-23(17-6-4-11-27-14-17)24-19(7-3-9-21(24)30)28-25(18)32-15-22(31)29-12-10-16-5-1-2-8-20(16)29/h1-2,4-6,8,11,14,23,28H,3,7,9-10,12,15H2. The Kier molecular flexibility index (Phi) is 5.54. The van der Waals surface area contributed by atoms with Crippen LogP contribution in [0.2, 0.25) is 0 Å². The summed E-state index contributed by atoms with van der Waals surface area (Å²) in [5.41, 5.74) is 5.00. The lowest BCUT2D eigenvalue weighted by Crippen LogP contribution is -2.33. The van der Waals surface area contributed by atoms with Gasteiger partial charge in [0, 0.05) is 42.3 Å². The van der Waals surface area contributed by atoms with E-state index in [1.54, 1.807) is 12.4 Å². The molecule has 3 heterocycles. The highest BCUT2D eigenvalue weighted by atomic mass is 32.2. The van der Waals surface area contributed by atoms with Crippen LogP contribution in [0.15, 0.2) is 70.7 Å². The number of thioether (sulfide) groups is 1. The summed E-state index contributed by atoms with van der Waals surface area (Å²) in [6.07, 6.45) is 6.29. The van der Waals surface area contributed by atoms with E-state index < -0.39 is 5.92 Å². The molecule has 2 aliphatic heterocycles. The molecule has 1 N–H and O–H groups in total. The van der Waals surface area contributed by atoms with Gasteiger partial charge in [-0.25, -0.2) is 0 Å². The number of ketones is 1. The van der Waals surface area contributed by atoms with Crippen molar-refractivity contribution >= 4 is 29.1 Å². The molecular formula is C25H22N4O2S. The summed E-state index contributed by atoms with van der Waals surface area (Å²) < 4.78 is 0. The topological polar surface area (TPSA) is 86.1 Å². The number of hydrogen-bond acceptors (Lipinski definition) is 6. The number of nitriles is 1. The van der Waals surface area contributed by atoms with Crippen LogP contribution in [0.25, 0.3) is 0 Å². The average molecular weight is 443 g/mol. The summed E-state index contributed by atoms with van der Waals surface area (Å²) in [4.78, 5) is 31.9. The first-order valence-corrected chi connectivity index (χ1v) is 11.7. The van der Waals surface area contributed by atoms with E-state index in [4.69, 9.17) is 0 Å². The molecule has 0 saturated heterocycles. The third kappa shape index (κ3) is 3.61. The molecule has 1 aromatic carbocycles. The van der Waals surface area contributed by atoms with E-state index in [2.05, 4.69) is 22.4 Å². The van der Waals surface area contributed by atoms with Gasteiger partial charge in [0.1, 0.15) is 0 Å². The number of anilines is 1. The third-order valence-corrected chi connectivity index (χ3v) is 7.21. The van der Waals surface area contributed by atoms with E-state index in [1.807, 2.05) is 35.2 Å². The second kappa shape index (κ2) is 8.64. The van der Waals surface area contributed by atoms with Gasteiger partial charge >= 0.3 is 0 Å². The number of aromatic nitrogens is 1. The van der Waals surface area contributed by atoms with Gasteiger partial charge in [-0.15, -0.1) is 0 Å². The summed E-state index contributed by atoms with van der Waals surface area (Å²) >= 11 is 1.34. The summed E-state index contributed by atoms with van der Waals surface area (Å²) in [6.45, 7) is 0.679. The van der Waals surface area contributed by atoms with Crippen molar-refractivity contribution in [3.63, 3.8) is 0 Å². The first-order chi connectivity index (χ1) is 15.7. The number of dihydropyridines is 1. The van der Waals surface area contributed by atoms with Crippen LogP contribution in [0, 0.1) is 11.3 Å². The lowest BCUT2D eigenvalue weighted by atomic mass is 9.77. The summed E-state index contributed by atoms with van der Waals surface area (Å²) in [6, 6.07) is 14.0. The smallest absolute Gasteiger partial charge is 0.237 e. The number of para-hydroxylation sites is 1. The monoisotopic (exact) mass is 442 g/mol. The van der Waals surface area contributed by atoms with Gasteiger partial charge in [-0.05, 0) is 42.5 Å². The molecule has 2 aromatic rings. The molecule has 0 fully saturated rings. The van der Waals surface area contributed by atoms with Gasteiger partial charge < -0.3 is 10.2 Å². The maximum atomic E-state index is 13.0. The van der Waals surface area contributed by atoms with Crippen LogP contribution < -0.4 is 10.2 Å². The minimum atomic E-state index is -0.442. The zero-order chi connectivity index (χ0) is 22.1. The van der Waals surface area contributed by atoms with E-state index in [0.29, 0.717) is 29.1 Å². The zero-order valence-corrected chi connectivity index (χ0v) is 18.3. The van der Waals surface area contributed by atoms with Gasteiger partial charge in [0.05, 0.1) is 28.3 Å². The molecule has 1 amide bonds. The Balaban J connectivity index is 1.44. The summed E-state index contributed by atoms with van der Waals surface area (Å²) in [5, 5.41) is 14.1. The molecule has 1 atom stereocenters. The Labute approximate surface area is 191 Å². The van der Waals surface area contributed by atoms with Gasteiger partial charge in [0.15, 0.2) is 5.78 Å². The Bertz CT molecular complexity index is 1200. The molecule has 3 aliphatic rings. The van der Waals surface area contributed by atoms with Crippen LogP contribution in [0.5, 0.6) is 0 Å². The maximum absolute atomic E-state index is 13.0. The number of allylic oxidation sites excluding steroid dienone is 3. The van der Waals surface area contributed by atoms with Crippen molar-refractivity contribution in [1.82, 2.24) is 10.3 Å². The molecule has 32 heavy (non-hydrogen) atoms. The number of carbonyl (C=O) groups excluding carboxylic acids is 2. The fourth-order valence-corrected chi connectivity index (χ4v) is 5.66. The number of fused-ring (bicyclic) bond motifs is 1. The van der Waals surface area contributed by atoms with E-state index in [9.17, 15) is 14.9 Å². The quantitative estimate of drug-likeness (QED) is 0.774. The van der Waals surface area contributed by atoms with Crippen LogP contribution in [-0.4, -0.2) is 29.0 Å². The molecule has 1 unspecified atom stereocenters. The second-order valence-electron chi connectivity index (χ2n) is 8.08. The van der Waals surface area contributed by atoms with Crippen molar-refractivity contribution in [2.75, 3.05) is 17.2 Å². The van der Waals surface area contributed by atoms with Crippen LogP contribution in [-0.2, 0) is 16.0 Å². The zero-order valence-electron chi connectivity index (χ0n) is 17.5. The summed E-state index contributed by atoms with van der Waals surface area (Å²) in [5.74, 6) is -0.126. The Morgan fingerprint density at radius 3 is 2.91 bits per heavy atom. The van der Waals surface area contributed by atoms with Crippen LogP contribution in [0.3, 0.4) is 0 Å². The van der Waals surface area contributed by atoms with E-state index in [1.165, 1.54) is 17.3 Å². The Morgan fingerprint density at radius 1 is 1.22 bits per heavy atom. The molecule has 0 spiro atoms. The highest BCUT2D eigenvalue weighted by Crippen LogP contribution is 2.43. The predicted molar refractivity (Wildman–Crippen MR) is 124 cm³/mol. The number of rotatable bonds is 4. The molecule has 0 radical (unpaired) electrons. The van der Waals surface area contributed by atoms with Gasteiger partial charge in [-0.2, -0.15) is 5.26 Å². The van der Waals surface area contributed by atoms with Crippen molar-refractivity contribution < 1.29 is 9.59 Å². The van der Waals surface area contributed by atoms with E-state index in [-0.39, 0.29) is 17.4 Å².